The second-order valence-electron chi connectivity index (χ2n) is 5.82. The summed E-state index contributed by atoms with van der Waals surface area (Å²) >= 11 is 1.43. The largest absolute Gasteiger partial charge is 0.457 e. The molecule has 0 saturated carbocycles. The number of benzene rings is 2. The van der Waals surface area contributed by atoms with Crippen LogP contribution < -0.4 is 10.1 Å². The molecule has 5 nitrogen and oxygen atoms in total. The molecule has 2 aromatic carbocycles. The molecule has 6 heteroatoms. The summed E-state index contributed by atoms with van der Waals surface area (Å²) in [4.78, 5) is 12.7. The first kappa shape index (κ1) is 18.1. The monoisotopic (exact) mass is 367 g/mol. The van der Waals surface area contributed by atoms with E-state index in [1.54, 1.807) is 12.1 Å². The molecule has 0 aliphatic rings. The molecule has 3 aromatic rings. The van der Waals surface area contributed by atoms with Crippen molar-refractivity contribution in [2.24, 2.45) is 0 Å². The van der Waals surface area contributed by atoms with Gasteiger partial charge in [0.25, 0.3) is 5.91 Å². The van der Waals surface area contributed by atoms with Crippen LogP contribution in [0.3, 0.4) is 0 Å². The molecule has 0 atom stereocenters. The molecule has 1 N–H and O–H groups in total. The van der Waals surface area contributed by atoms with Gasteiger partial charge in [-0.2, -0.15) is 0 Å². The predicted octanol–water partition coefficient (Wildman–Crippen LogP) is 5.49. The van der Waals surface area contributed by atoms with Crippen molar-refractivity contribution in [2.75, 3.05) is 5.32 Å². The highest BCUT2D eigenvalue weighted by atomic mass is 32.1. The Morgan fingerprint density at radius 2 is 1.73 bits per heavy atom. The lowest BCUT2D eigenvalue weighted by molar-refractivity contribution is 0.102. The highest BCUT2D eigenvalue weighted by Gasteiger charge is 2.17. The molecule has 1 amide bonds. The van der Waals surface area contributed by atoms with Gasteiger partial charge in [-0.05, 0) is 37.1 Å². The Morgan fingerprint density at radius 3 is 2.46 bits per heavy atom. The fourth-order valence-corrected chi connectivity index (χ4v) is 3.62. The van der Waals surface area contributed by atoms with Gasteiger partial charge in [-0.1, -0.05) is 55.5 Å². The van der Waals surface area contributed by atoms with Crippen molar-refractivity contribution in [1.82, 2.24) is 10.2 Å². The Morgan fingerprint density at radius 1 is 1.04 bits per heavy atom. The van der Waals surface area contributed by atoms with Gasteiger partial charge in [0, 0.05) is 5.92 Å². The van der Waals surface area contributed by atoms with Crippen LogP contribution in [-0.4, -0.2) is 16.1 Å². The Labute approximate surface area is 157 Å². The van der Waals surface area contributed by atoms with Gasteiger partial charge in [0.1, 0.15) is 16.5 Å². The molecular weight excluding hydrogens is 346 g/mol. The number of hydrogen-bond acceptors (Lipinski definition) is 5. The summed E-state index contributed by atoms with van der Waals surface area (Å²) in [7, 11) is 0. The van der Waals surface area contributed by atoms with Crippen molar-refractivity contribution in [3.8, 4) is 11.5 Å². The Hall–Kier alpha value is -2.73. The number of nitrogens with zero attached hydrogens (tertiary/aromatic N) is 2. The quantitative estimate of drug-likeness (QED) is 0.600. The highest BCUT2D eigenvalue weighted by molar-refractivity contribution is 7.15. The van der Waals surface area contributed by atoms with Crippen LogP contribution in [0, 0.1) is 0 Å². The van der Waals surface area contributed by atoms with E-state index in [-0.39, 0.29) is 5.91 Å². The third-order valence-electron chi connectivity index (χ3n) is 4.10. The summed E-state index contributed by atoms with van der Waals surface area (Å²) in [5.74, 6) is 1.30. The van der Waals surface area contributed by atoms with Gasteiger partial charge < -0.3 is 4.74 Å². The molecule has 3 rings (SSSR count). The third kappa shape index (κ3) is 4.26. The number of hydrogen-bond donors (Lipinski definition) is 1. The van der Waals surface area contributed by atoms with E-state index in [4.69, 9.17) is 4.74 Å². The molecule has 0 unspecified atom stereocenters. The minimum absolute atomic E-state index is 0.260. The van der Waals surface area contributed by atoms with E-state index in [0.717, 1.165) is 17.8 Å². The van der Waals surface area contributed by atoms with Crippen LogP contribution in [-0.2, 0) is 0 Å². The number of amides is 1. The maximum Gasteiger partial charge on any atom is 0.261 e. The average Bonchev–Trinajstić information content (AvgIpc) is 3.12. The topological polar surface area (TPSA) is 64.1 Å². The Balaban J connectivity index is 1.76. The van der Waals surface area contributed by atoms with Crippen molar-refractivity contribution >= 4 is 22.4 Å². The van der Waals surface area contributed by atoms with E-state index < -0.39 is 0 Å². The molecule has 134 valence electrons. The number of nitrogens with one attached hydrogen (secondary N) is 1. The molecule has 0 aliphatic heterocycles. The lowest BCUT2D eigenvalue weighted by Crippen LogP contribution is -2.12. The van der Waals surface area contributed by atoms with Gasteiger partial charge >= 0.3 is 0 Å². The minimum Gasteiger partial charge on any atom is -0.457 e. The Bertz CT molecular complexity index is 860. The number of ether oxygens (including phenoxy) is 1. The van der Waals surface area contributed by atoms with Gasteiger partial charge in [-0.15, -0.1) is 10.2 Å². The summed E-state index contributed by atoms with van der Waals surface area (Å²) in [5, 5.41) is 12.6. The molecule has 1 heterocycles. The minimum atomic E-state index is -0.260. The number of rotatable bonds is 7. The van der Waals surface area contributed by atoms with Gasteiger partial charge in [0.05, 0.1) is 5.56 Å². The van der Waals surface area contributed by atoms with E-state index >= 15 is 0 Å². The van der Waals surface area contributed by atoms with Crippen molar-refractivity contribution < 1.29 is 9.53 Å². The summed E-state index contributed by atoms with van der Waals surface area (Å²) in [5.41, 5.74) is 0.454. The molecule has 0 bridgehead atoms. The van der Waals surface area contributed by atoms with Gasteiger partial charge in [-0.25, -0.2) is 0 Å². The number of carbonyl (C=O) groups excluding carboxylic acids is 1. The number of aromatic nitrogens is 2. The first-order chi connectivity index (χ1) is 12.7. The zero-order valence-electron chi connectivity index (χ0n) is 14.8. The van der Waals surface area contributed by atoms with Crippen molar-refractivity contribution in [2.45, 2.75) is 32.6 Å². The predicted molar refractivity (Wildman–Crippen MR) is 104 cm³/mol. The molecule has 0 spiro atoms. The number of carbonyl (C=O) groups is 1. The van der Waals surface area contributed by atoms with Crippen LogP contribution in [0.5, 0.6) is 11.5 Å². The van der Waals surface area contributed by atoms with Gasteiger partial charge in [-0.3, -0.25) is 10.1 Å². The fraction of sp³-hybridized carbons (Fsp3) is 0.250. The van der Waals surface area contributed by atoms with Gasteiger partial charge in [0.2, 0.25) is 5.13 Å². The fourth-order valence-electron chi connectivity index (χ4n) is 2.61. The normalized spacial score (nSPS) is 10.7. The summed E-state index contributed by atoms with van der Waals surface area (Å²) in [6.07, 6.45) is 2.01. The van der Waals surface area contributed by atoms with Crippen LogP contribution in [0.15, 0.2) is 54.6 Å². The van der Waals surface area contributed by atoms with Crippen molar-refractivity contribution in [3.63, 3.8) is 0 Å². The zero-order valence-corrected chi connectivity index (χ0v) is 15.6. The summed E-state index contributed by atoms with van der Waals surface area (Å²) < 4.78 is 5.85. The van der Waals surface area contributed by atoms with Crippen LogP contribution in [0.25, 0.3) is 0 Å². The second-order valence-corrected chi connectivity index (χ2v) is 6.83. The zero-order chi connectivity index (χ0) is 18.4. The van der Waals surface area contributed by atoms with E-state index in [2.05, 4.69) is 29.4 Å². The molecule has 0 fully saturated rings. The van der Waals surface area contributed by atoms with E-state index in [9.17, 15) is 4.79 Å². The molecule has 1 aromatic heterocycles. The molecule has 0 aliphatic carbocycles. The maximum absolute atomic E-state index is 12.7. The smallest absolute Gasteiger partial charge is 0.261 e. The Kier molecular flexibility index (Phi) is 5.96. The van der Waals surface area contributed by atoms with Crippen molar-refractivity contribution in [1.29, 1.82) is 0 Å². The summed E-state index contributed by atoms with van der Waals surface area (Å²) in [6, 6.07) is 16.5. The first-order valence-corrected chi connectivity index (χ1v) is 9.49. The summed E-state index contributed by atoms with van der Waals surface area (Å²) in [6.45, 7) is 4.26. The molecule has 0 radical (unpaired) electrons. The van der Waals surface area contributed by atoms with E-state index in [1.807, 2.05) is 42.5 Å². The molecule has 26 heavy (non-hydrogen) atoms. The van der Waals surface area contributed by atoms with E-state index in [1.165, 1.54) is 11.3 Å². The lowest BCUT2D eigenvalue weighted by atomic mass is 10.1. The van der Waals surface area contributed by atoms with Crippen LogP contribution in [0.2, 0.25) is 0 Å². The molecular formula is C20H21N3O2S. The number of para-hydroxylation sites is 2. The first-order valence-electron chi connectivity index (χ1n) is 8.68. The highest BCUT2D eigenvalue weighted by Crippen LogP contribution is 2.29. The standard InChI is InChI=1S/C20H21N3O2S/c1-3-14(4-2)19-22-23-20(26-19)21-18(24)16-12-8-9-13-17(16)25-15-10-6-5-7-11-15/h5-14H,3-4H2,1-2H3,(H,21,23,24). The van der Waals surface area contributed by atoms with Crippen LogP contribution >= 0.6 is 11.3 Å². The molecule has 0 saturated heterocycles. The third-order valence-corrected chi connectivity index (χ3v) is 5.10. The lowest BCUT2D eigenvalue weighted by Gasteiger charge is -2.10. The van der Waals surface area contributed by atoms with Crippen LogP contribution in [0.4, 0.5) is 5.13 Å². The van der Waals surface area contributed by atoms with Crippen molar-refractivity contribution in [3.05, 3.63) is 65.2 Å². The average molecular weight is 367 g/mol. The SMILES string of the molecule is CCC(CC)c1nnc(NC(=O)c2ccccc2Oc2ccccc2)s1. The van der Waals surface area contributed by atoms with Crippen LogP contribution in [0.1, 0.15) is 48.0 Å². The van der Waals surface area contributed by atoms with Gasteiger partial charge in [0.15, 0.2) is 0 Å². The number of anilines is 1. The van der Waals surface area contributed by atoms with E-state index in [0.29, 0.717) is 28.1 Å². The second kappa shape index (κ2) is 8.58. The maximum atomic E-state index is 12.7.